The van der Waals surface area contributed by atoms with E-state index in [1.807, 2.05) is 12.1 Å². The van der Waals surface area contributed by atoms with Crippen LogP contribution in [0.5, 0.6) is 0 Å². The Kier molecular flexibility index (Phi) is 3.47. The van der Waals surface area contributed by atoms with Crippen molar-refractivity contribution in [3.63, 3.8) is 0 Å². The lowest BCUT2D eigenvalue weighted by molar-refractivity contribution is 0.621. The average molecular weight is 256 g/mol. The maximum atomic E-state index is 13.0. The molecular formula is C16H17FN2. The van der Waals surface area contributed by atoms with Crippen molar-refractivity contribution in [1.82, 2.24) is 5.32 Å². The second kappa shape index (κ2) is 5.41. The first-order chi connectivity index (χ1) is 9.33. The van der Waals surface area contributed by atoms with Crippen LogP contribution in [0.3, 0.4) is 0 Å². The largest absolute Gasteiger partial charge is 0.366 e. The predicted octanol–water partition coefficient (Wildman–Crippen LogP) is 2.94. The summed E-state index contributed by atoms with van der Waals surface area (Å²) < 4.78 is 13.0. The van der Waals surface area contributed by atoms with Gasteiger partial charge in [-0.15, -0.1) is 0 Å². The summed E-state index contributed by atoms with van der Waals surface area (Å²) in [6.07, 6.45) is 0. The summed E-state index contributed by atoms with van der Waals surface area (Å²) in [6, 6.07) is 15.2. The molecule has 0 radical (unpaired) electrons. The SMILES string of the molecule is Fc1ccc(N2CCNCc3ccccc3C2)cc1. The van der Waals surface area contributed by atoms with Crippen LogP contribution in [0.25, 0.3) is 0 Å². The number of anilines is 1. The lowest BCUT2D eigenvalue weighted by Crippen LogP contribution is -2.34. The van der Waals surface area contributed by atoms with Crippen LogP contribution in [0.1, 0.15) is 11.1 Å². The number of hydrogen-bond acceptors (Lipinski definition) is 2. The van der Waals surface area contributed by atoms with E-state index in [0.717, 1.165) is 31.9 Å². The van der Waals surface area contributed by atoms with Crippen LogP contribution in [0, 0.1) is 5.82 Å². The summed E-state index contributed by atoms with van der Waals surface area (Å²) in [5.41, 5.74) is 3.74. The van der Waals surface area contributed by atoms with E-state index in [9.17, 15) is 4.39 Å². The Balaban J connectivity index is 1.89. The highest BCUT2D eigenvalue weighted by molar-refractivity contribution is 5.48. The molecule has 2 aromatic carbocycles. The predicted molar refractivity (Wildman–Crippen MR) is 75.6 cm³/mol. The highest BCUT2D eigenvalue weighted by atomic mass is 19.1. The molecule has 3 rings (SSSR count). The highest BCUT2D eigenvalue weighted by Crippen LogP contribution is 2.20. The zero-order valence-electron chi connectivity index (χ0n) is 10.8. The molecule has 1 N–H and O–H groups in total. The Bertz CT molecular complexity index is 551. The summed E-state index contributed by atoms with van der Waals surface area (Å²) in [5, 5.41) is 3.44. The average Bonchev–Trinajstić information content (AvgIpc) is 2.41. The molecule has 0 unspecified atom stereocenters. The quantitative estimate of drug-likeness (QED) is 0.844. The molecule has 2 nitrogen and oxygen atoms in total. The van der Waals surface area contributed by atoms with Crippen molar-refractivity contribution in [2.45, 2.75) is 13.1 Å². The summed E-state index contributed by atoms with van der Waals surface area (Å²) in [4.78, 5) is 2.28. The number of hydrogen-bond donors (Lipinski definition) is 1. The van der Waals surface area contributed by atoms with E-state index >= 15 is 0 Å². The van der Waals surface area contributed by atoms with Crippen molar-refractivity contribution in [2.24, 2.45) is 0 Å². The van der Waals surface area contributed by atoms with Gasteiger partial charge in [-0.3, -0.25) is 0 Å². The normalized spacial score (nSPS) is 15.5. The van der Waals surface area contributed by atoms with Gasteiger partial charge in [0.15, 0.2) is 0 Å². The maximum absolute atomic E-state index is 13.0. The summed E-state index contributed by atoms with van der Waals surface area (Å²) in [7, 11) is 0. The number of nitrogens with one attached hydrogen (secondary N) is 1. The fraction of sp³-hybridized carbons (Fsp3) is 0.250. The minimum absolute atomic E-state index is 0.186. The van der Waals surface area contributed by atoms with Crippen molar-refractivity contribution in [1.29, 1.82) is 0 Å². The maximum Gasteiger partial charge on any atom is 0.123 e. The van der Waals surface area contributed by atoms with E-state index in [0.29, 0.717) is 0 Å². The molecule has 0 saturated heterocycles. The molecular weight excluding hydrogens is 239 g/mol. The van der Waals surface area contributed by atoms with Crippen LogP contribution in [0.4, 0.5) is 10.1 Å². The van der Waals surface area contributed by atoms with Crippen LogP contribution >= 0.6 is 0 Å². The van der Waals surface area contributed by atoms with E-state index < -0.39 is 0 Å². The van der Waals surface area contributed by atoms with E-state index in [1.165, 1.54) is 23.3 Å². The van der Waals surface area contributed by atoms with Crippen LogP contribution in [0.15, 0.2) is 48.5 Å². The zero-order valence-corrected chi connectivity index (χ0v) is 10.8. The summed E-state index contributed by atoms with van der Waals surface area (Å²) in [6.45, 7) is 3.67. The molecule has 0 spiro atoms. The van der Waals surface area contributed by atoms with Gasteiger partial charge in [-0.2, -0.15) is 0 Å². The van der Waals surface area contributed by atoms with Crippen molar-refractivity contribution < 1.29 is 4.39 Å². The Labute approximate surface area is 112 Å². The molecule has 0 fully saturated rings. The number of halogens is 1. The molecule has 1 heterocycles. The molecule has 0 saturated carbocycles. The number of rotatable bonds is 1. The molecule has 0 bridgehead atoms. The first-order valence-electron chi connectivity index (χ1n) is 6.61. The number of fused-ring (bicyclic) bond motifs is 1. The lowest BCUT2D eigenvalue weighted by atomic mass is 10.1. The molecule has 19 heavy (non-hydrogen) atoms. The van der Waals surface area contributed by atoms with Crippen molar-refractivity contribution >= 4 is 5.69 Å². The van der Waals surface area contributed by atoms with Gasteiger partial charge in [0.05, 0.1) is 0 Å². The summed E-state index contributed by atoms with van der Waals surface area (Å²) >= 11 is 0. The van der Waals surface area contributed by atoms with Crippen molar-refractivity contribution in [3.8, 4) is 0 Å². The van der Waals surface area contributed by atoms with Crippen LogP contribution in [0.2, 0.25) is 0 Å². The van der Waals surface area contributed by atoms with Gasteiger partial charge in [-0.05, 0) is 35.4 Å². The van der Waals surface area contributed by atoms with Crippen molar-refractivity contribution in [2.75, 3.05) is 18.0 Å². The second-order valence-electron chi connectivity index (χ2n) is 4.84. The molecule has 0 aromatic heterocycles. The minimum Gasteiger partial charge on any atom is -0.366 e. The smallest absolute Gasteiger partial charge is 0.123 e. The van der Waals surface area contributed by atoms with Gasteiger partial charge in [-0.1, -0.05) is 24.3 Å². The molecule has 2 aromatic rings. The monoisotopic (exact) mass is 256 g/mol. The third-order valence-corrected chi connectivity index (χ3v) is 3.55. The van der Waals surface area contributed by atoms with E-state index in [4.69, 9.17) is 0 Å². The Morgan fingerprint density at radius 3 is 2.47 bits per heavy atom. The molecule has 98 valence electrons. The second-order valence-corrected chi connectivity index (χ2v) is 4.84. The third kappa shape index (κ3) is 2.76. The van der Waals surface area contributed by atoms with Crippen LogP contribution in [-0.4, -0.2) is 13.1 Å². The Morgan fingerprint density at radius 1 is 0.947 bits per heavy atom. The Hall–Kier alpha value is -1.87. The van der Waals surface area contributed by atoms with Gasteiger partial charge in [0, 0.05) is 31.9 Å². The first kappa shape index (κ1) is 12.2. The van der Waals surface area contributed by atoms with Crippen LogP contribution in [-0.2, 0) is 13.1 Å². The van der Waals surface area contributed by atoms with Gasteiger partial charge in [0.25, 0.3) is 0 Å². The van der Waals surface area contributed by atoms with Gasteiger partial charge < -0.3 is 10.2 Å². The van der Waals surface area contributed by atoms with Gasteiger partial charge in [0.1, 0.15) is 5.82 Å². The molecule has 3 heteroatoms. The van der Waals surface area contributed by atoms with E-state index in [1.54, 1.807) is 0 Å². The van der Waals surface area contributed by atoms with E-state index in [2.05, 4.69) is 34.5 Å². The van der Waals surface area contributed by atoms with Gasteiger partial charge >= 0.3 is 0 Å². The van der Waals surface area contributed by atoms with Crippen molar-refractivity contribution in [3.05, 3.63) is 65.5 Å². The molecule has 0 aliphatic carbocycles. The fourth-order valence-electron chi connectivity index (χ4n) is 2.48. The first-order valence-corrected chi connectivity index (χ1v) is 6.61. The standard InChI is InChI=1S/C16H17FN2/c17-15-5-7-16(8-6-15)19-10-9-18-11-13-3-1-2-4-14(13)12-19/h1-8,18H,9-12H2. The zero-order chi connectivity index (χ0) is 13.1. The molecule has 1 aliphatic heterocycles. The number of nitrogens with zero attached hydrogens (tertiary/aromatic N) is 1. The molecule has 1 aliphatic rings. The Morgan fingerprint density at radius 2 is 1.68 bits per heavy atom. The van der Waals surface area contributed by atoms with Crippen LogP contribution < -0.4 is 10.2 Å². The van der Waals surface area contributed by atoms with E-state index in [-0.39, 0.29) is 5.82 Å². The topological polar surface area (TPSA) is 15.3 Å². The fourth-order valence-corrected chi connectivity index (χ4v) is 2.48. The van der Waals surface area contributed by atoms with Gasteiger partial charge in [0.2, 0.25) is 0 Å². The highest BCUT2D eigenvalue weighted by Gasteiger charge is 2.12. The minimum atomic E-state index is -0.186. The third-order valence-electron chi connectivity index (χ3n) is 3.55. The van der Waals surface area contributed by atoms with Gasteiger partial charge in [-0.25, -0.2) is 4.39 Å². The number of benzene rings is 2. The molecule has 0 amide bonds. The lowest BCUT2D eigenvalue weighted by Gasteiger charge is -2.28. The molecule has 0 atom stereocenters. The summed E-state index contributed by atoms with van der Waals surface area (Å²) in [5.74, 6) is -0.186.